The number of carbonyl (C=O) groups is 1. The van der Waals surface area contributed by atoms with E-state index < -0.39 is 28.3 Å². The maximum absolute atomic E-state index is 13.6. The van der Waals surface area contributed by atoms with Crippen molar-refractivity contribution in [1.29, 1.82) is 0 Å². The molecule has 178 valence electrons. The fraction of sp³-hybridized carbons (Fsp3) is 0.231. The molecule has 8 heteroatoms. The van der Waals surface area contributed by atoms with Gasteiger partial charge in [0.25, 0.3) is 5.91 Å². The number of nitrogens with one attached hydrogen (secondary N) is 1. The molecule has 0 radical (unpaired) electrons. The first kappa shape index (κ1) is 25.3. The predicted molar refractivity (Wildman–Crippen MR) is 132 cm³/mol. The number of benzene rings is 3. The molecule has 0 unspecified atom stereocenters. The van der Waals surface area contributed by atoms with E-state index in [2.05, 4.69) is 10.5 Å². The van der Waals surface area contributed by atoms with E-state index in [-0.39, 0.29) is 11.4 Å². The Morgan fingerprint density at radius 3 is 2.32 bits per heavy atom. The molecule has 0 heterocycles. The number of carbonyl (C=O) groups excluding carboxylic acids is 1. The zero-order valence-corrected chi connectivity index (χ0v) is 20.3. The lowest BCUT2D eigenvalue weighted by atomic mass is 10.1. The summed E-state index contributed by atoms with van der Waals surface area (Å²) in [4.78, 5) is 12.8. The lowest BCUT2D eigenvalue weighted by molar-refractivity contribution is -0.121. The Balaban J connectivity index is 1.82. The van der Waals surface area contributed by atoms with Crippen molar-refractivity contribution in [2.45, 2.75) is 32.1 Å². The standard InChI is InChI=1S/C26H28FN3O3S/c1-19-14-20(2)26(21(3)15-19)34(32,33)30(13-12-22-8-5-4-6-9-22)18-25(31)29-28-17-23-10-7-11-24(27)16-23/h4-11,14-17H,12-13,18H2,1-3H3,(H,29,31). The molecule has 0 saturated heterocycles. The maximum atomic E-state index is 13.6. The number of rotatable bonds is 9. The normalized spacial score (nSPS) is 11.8. The Morgan fingerprint density at radius 1 is 1.00 bits per heavy atom. The fourth-order valence-electron chi connectivity index (χ4n) is 3.85. The van der Waals surface area contributed by atoms with Gasteiger partial charge in [-0.3, -0.25) is 4.79 Å². The Kier molecular flexibility index (Phi) is 8.31. The largest absolute Gasteiger partial charge is 0.272 e. The molecule has 0 fully saturated rings. The van der Waals surface area contributed by atoms with Crippen molar-refractivity contribution in [1.82, 2.24) is 9.73 Å². The molecule has 6 nitrogen and oxygen atoms in total. The molecule has 34 heavy (non-hydrogen) atoms. The highest BCUT2D eigenvalue weighted by molar-refractivity contribution is 7.89. The van der Waals surface area contributed by atoms with Crippen LogP contribution in [0.4, 0.5) is 4.39 Å². The van der Waals surface area contributed by atoms with Crippen LogP contribution in [-0.2, 0) is 21.2 Å². The quantitative estimate of drug-likeness (QED) is 0.369. The minimum atomic E-state index is -3.96. The molecule has 0 saturated carbocycles. The second kappa shape index (κ2) is 11.2. The van der Waals surface area contributed by atoms with Crippen molar-refractivity contribution >= 4 is 22.1 Å². The number of halogens is 1. The van der Waals surface area contributed by atoms with Gasteiger partial charge in [-0.2, -0.15) is 9.41 Å². The number of hydrazone groups is 1. The highest BCUT2D eigenvalue weighted by Gasteiger charge is 2.29. The third-order valence-electron chi connectivity index (χ3n) is 5.27. The van der Waals surface area contributed by atoms with Crippen LogP contribution < -0.4 is 5.43 Å². The summed E-state index contributed by atoms with van der Waals surface area (Å²) >= 11 is 0. The van der Waals surface area contributed by atoms with Gasteiger partial charge in [-0.05, 0) is 61.6 Å². The number of nitrogens with zero attached hydrogens (tertiary/aromatic N) is 2. The summed E-state index contributed by atoms with van der Waals surface area (Å²) in [7, 11) is -3.96. The second-order valence-electron chi connectivity index (χ2n) is 8.15. The van der Waals surface area contributed by atoms with Gasteiger partial charge in [0.15, 0.2) is 0 Å². The lowest BCUT2D eigenvalue weighted by Crippen LogP contribution is -2.41. The summed E-state index contributed by atoms with van der Waals surface area (Å²) in [6.07, 6.45) is 1.75. The van der Waals surface area contributed by atoms with Crippen LogP contribution in [0.1, 0.15) is 27.8 Å². The van der Waals surface area contributed by atoms with Gasteiger partial charge in [0.1, 0.15) is 5.82 Å². The molecular formula is C26H28FN3O3S. The molecule has 0 spiro atoms. The number of hydrogen-bond acceptors (Lipinski definition) is 4. The molecule has 0 aliphatic carbocycles. The lowest BCUT2D eigenvalue weighted by Gasteiger charge is -2.24. The number of hydrogen-bond donors (Lipinski definition) is 1. The van der Waals surface area contributed by atoms with Crippen LogP contribution in [0.15, 0.2) is 76.7 Å². The van der Waals surface area contributed by atoms with Crippen LogP contribution in [-0.4, -0.2) is 37.9 Å². The van der Waals surface area contributed by atoms with E-state index >= 15 is 0 Å². The minimum Gasteiger partial charge on any atom is -0.272 e. The SMILES string of the molecule is Cc1cc(C)c(S(=O)(=O)N(CCc2ccccc2)CC(=O)NN=Cc2cccc(F)c2)c(C)c1. The minimum absolute atomic E-state index is 0.125. The number of aryl methyl sites for hydroxylation is 3. The number of amides is 1. The first-order chi connectivity index (χ1) is 16.2. The van der Waals surface area contributed by atoms with Gasteiger partial charge >= 0.3 is 0 Å². The van der Waals surface area contributed by atoms with E-state index in [4.69, 9.17) is 0 Å². The third kappa shape index (κ3) is 6.59. The van der Waals surface area contributed by atoms with Gasteiger partial charge in [0.2, 0.25) is 10.0 Å². The molecule has 3 rings (SSSR count). The molecule has 1 N–H and O–H groups in total. The van der Waals surface area contributed by atoms with E-state index in [1.807, 2.05) is 49.4 Å². The predicted octanol–water partition coefficient (Wildman–Crippen LogP) is 4.13. The van der Waals surface area contributed by atoms with Crippen molar-refractivity contribution in [2.75, 3.05) is 13.1 Å². The Hall–Kier alpha value is -3.36. The summed E-state index contributed by atoms with van der Waals surface area (Å²) in [6.45, 7) is 5.15. The summed E-state index contributed by atoms with van der Waals surface area (Å²) < 4.78 is 41.8. The second-order valence-corrected chi connectivity index (χ2v) is 10.0. The van der Waals surface area contributed by atoms with Crippen LogP contribution >= 0.6 is 0 Å². The molecule has 3 aromatic carbocycles. The molecule has 0 aromatic heterocycles. The van der Waals surface area contributed by atoms with Crippen LogP contribution in [0.25, 0.3) is 0 Å². The average molecular weight is 482 g/mol. The van der Waals surface area contributed by atoms with Crippen molar-refractivity contribution < 1.29 is 17.6 Å². The molecule has 3 aromatic rings. The maximum Gasteiger partial charge on any atom is 0.255 e. The van der Waals surface area contributed by atoms with Gasteiger partial charge < -0.3 is 0 Å². The topological polar surface area (TPSA) is 78.8 Å². The zero-order valence-electron chi connectivity index (χ0n) is 19.5. The van der Waals surface area contributed by atoms with E-state index in [1.165, 1.54) is 28.7 Å². The van der Waals surface area contributed by atoms with Crippen molar-refractivity contribution in [2.24, 2.45) is 5.10 Å². The Morgan fingerprint density at radius 2 is 1.68 bits per heavy atom. The molecule has 0 aliphatic rings. The first-order valence-corrected chi connectivity index (χ1v) is 12.3. The Labute approximate surface area is 200 Å². The molecule has 0 aliphatic heterocycles. The van der Waals surface area contributed by atoms with Crippen LogP contribution in [0.5, 0.6) is 0 Å². The zero-order chi connectivity index (χ0) is 24.7. The van der Waals surface area contributed by atoms with Gasteiger partial charge in [-0.15, -0.1) is 0 Å². The Bertz CT molecular complexity index is 1270. The molecule has 0 bridgehead atoms. The highest BCUT2D eigenvalue weighted by Crippen LogP contribution is 2.25. The van der Waals surface area contributed by atoms with Gasteiger partial charge in [-0.1, -0.05) is 60.2 Å². The highest BCUT2D eigenvalue weighted by atomic mass is 32.2. The van der Waals surface area contributed by atoms with Crippen molar-refractivity contribution in [3.8, 4) is 0 Å². The summed E-state index contributed by atoms with van der Waals surface area (Å²) in [6, 6.07) is 18.9. The molecule has 1 amide bonds. The van der Waals surface area contributed by atoms with E-state index in [9.17, 15) is 17.6 Å². The summed E-state index contributed by atoms with van der Waals surface area (Å²) in [5.41, 5.74) is 6.01. The van der Waals surface area contributed by atoms with E-state index in [1.54, 1.807) is 19.9 Å². The van der Waals surface area contributed by atoms with E-state index in [0.717, 1.165) is 11.1 Å². The van der Waals surface area contributed by atoms with Gasteiger partial charge in [0.05, 0.1) is 17.7 Å². The van der Waals surface area contributed by atoms with Crippen LogP contribution in [0.2, 0.25) is 0 Å². The molecular weight excluding hydrogens is 453 g/mol. The first-order valence-electron chi connectivity index (χ1n) is 10.9. The fourth-order valence-corrected chi connectivity index (χ4v) is 5.66. The number of sulfonamides is 1. The van der Waals surface area contributed by atoms with Crippen molar-refractivity contribution in [3.05, 3.63) is 100 Å². The summed E-state index contributed by atoms with van der Waals surface area (Å²) in [5.74, 6) is -1.01. The van der Waals surface area contributed by atoms with Crippen LogP contribution in [0.3, 0.4) is 0 Å². The summed E-state index contributed by atoms with van der Waals surface area (Å²) in [5, 5.41) is 3.84. The van der Waals surface area contributed by atoms with E-state index in [0.29, 0.717) is 23.1 Å². The van der Waals surface area contributed by atoms with Crippen LogP contribution in [0, 0.1) is 26.6 Å². The molecule has 0 atom stereocenters. The smallest absolute Gasteiger partial charge is 0.255 e. The third-order valence-corrected chi connectivity index (χ3v) is 7.42. The monoisotopic (exact) mass is 481 g/mol. The average Bonchev–Trinajstić information content (AvgIpc) is 2.76. The van der Waals surface area contributed by atoms with Gasteiger partial charge in [-0.25, -0.2) is 18.2 Å². The van der Waals surface area contributed by atoms with Crippen molar-refractivity contribution in [3.63, 3.8) is 0 Å². The van der Waals surface area contributed by atoms with Gasteiger partial charge in [0, 0.05) is 6.54 Å².